The molecule has 6 heteroatoms. The van der Waals surface area contributed by atoms with Crippen LogP contribution in [0.2, 0.25) is 0 Å². The van der Waals surface area contributed by atoms with E-state index in [0.29, 0.717) is 17.9 Å². The number of nitrogens with zero attached hydrogens (tertiary/aromatic N) is 1. The van der Waals surface area contributed by atoms with E-state index in [1.165, 1.54) is 12.1 Å². The Kier molecular flexibility index (Phi) is 5.12. The summed E-state index contributed by atoms with van der Waals surface area (Å²) in [6, 6.07) is 14.3. The van der Waals surface area contributed by atoms with Crippen LogP contribution in [-0.2, 0) is 16.9 Å². The van der Waals surface area contributed by atoms with Crippen LogP contribution in [-0.4, -0.2) is 10.9 Å². The fourth-order valence-corrected chi connectivity index (χ4v) is 6.10. The van der Waals surface area contributed by atoms with Crippen molar-refractivity contribution in [1.29, 1.82) is 0 Å². The van der Waals surface area contributed by atoms with Gasteiger partial charge in [0.1, 0.15) is 11.6 Å². The monoisotopic (exact) mass is 481 g/mol. The number of ether oxygens (including phenoxy) is 1. The van der Waals surface area contributed by atoms with Gasteiger partial charge < -0.3 is 15.8 Å². The van der Waals surface area contributed by atoms with Gasteiger partial charge in [-0.2, -0.15) is 0 Å². The molecule has 0 saturated carbocycles. The Balaban J connectivity index is 1.25. The molecule has 2 bridgehead atoms. The van der Waals surface area contributed by atoms with Crippen molar-refractivity contribution in [1.82, 2.24) is 10.3 Å². The van der Waals surface area contributed by atoms with E-state index in [0.717, 1.165) is 39.1 Å². The zero-order chi connectivity index (χ0) is 25.2. The summed E-state index contributed by atoms with van der Waals surface area (Å²) in [6.07, 6.45) is 6.46. The van der Waals surface area contributed by atoms with Crippen molar-refractivity contribution in [2.24, 2.45) is 11.8 Å². The Morgan fingerprint density at radius 2 is 1.94 bits per heavy atom. The molecule has 1 amide bonds. The number of aromatic nitrogens is 1. The van der Waals surface area contributed by atoms with Crippen molar-refractivity contribution < 1.29 is 13.9 Å². The number of benzene rings is 2. The molecule has 1 saturated heterocycles. The van der Waals surface area contributed by atoms with E-state index in [1.54, 1.807) is 0 Å². The van der Waals surface area contributed by atoms with Crippen LogP contribution < -0.4 is 11.1 Å². The molecule has 6 rings (SSSR count). The Hall–Kier alpha value is -3.77. The number of hydrogen-bond donors (Lipinski definition) is 2. The maximum atomic E-state index is 13.4. The summed E-state index contributed by atoms with van der Waals surface area (Å²) in [6.45, 7) is 6.40. The van der Waals surface area contributed by atoms with Gasteiger partial charge in [-0.15, -0.1) is 0 Å². The van der Waals surface area contributed by atoms with Gasteiger partial charge in [0.05, 0.1) is 11.7 Å². The summed E-state index contributed by atoms with van der Waals surface area (Å²) in [4.78, 5) is 17.4. The second-order valence-corrected chi connectivity index (χ2v) is 10.1. The van der Waals surface area contributed by atoms with Crippen LogP contribution in [0.15, 0.2) is 66.8 Å². The van der Waals surface area contributed by atoms with Crippen LogP contribution >= 0.6 is 0 Å². The molecule has 4 atom stereocenters. The highest BCUT2D eigenvalue weighted by Gasteiger charge is 2.58. The van der Waals surface area contributed by atoms with E-state index in [-0.39, 0.29) is 29.7 Å². The Bertz CT molecular complexity index is 1440. The smallest absolute Gasteiger partial charge is 0.251 e. The SMILES string of the molecule is Cc1cc(N)nc(C)c1CNC(=O)c1ccc2c(c1)C1OC2(C)C2C=C(c3ccc(F)cc3)C=CC12. The average Bonchev–Trinajstić information content (AvgIpc) is 3.32. The van der Waals surface area contributed by atoms with Gasteiger partial charge in [-0.1, -0.05) is 36.4 Å². The summed E-state index contributed by atoms with van der Waals surface area (Å²) < 4.78 is 20.0. The lowest BCUT2D eigenvalue weighted by Gasteiger charge is -2.35. The second kappa shape index (κ2) is 8.14. The minimum Gasteiger partial charge on any atom is -0.384 e. The van der Waals surface area contributed by atoms with Crippen molar-refractivity contribution in [2.45, 2.75) is 39.0 Å². The lowest BCUT2D eigenvalue weighted by Crippen LogP contribution is -2.32. The molecule has 1 aromatic heterocycles. The minimum absolute atomic E-state index is 0.101. The van der Waals surface area contributed by atoms with E-state index in [1.807, 2.05) is 50.2 Å². The van der Waals surface area contributed by atoms with Crippen molar-refractivity contribution in [3.05, 3.63) is 112 Å². The van der Waals surface area contributed by atoms with E-state index >= 15 is 0 Å². The number of amides is 1. The lowest BCUT2D eigenvalue weighted by atomic mass is 9.66. The van der Waals surface area contributed by atoms with Crippen LogP contribution in [0.1, 0.15) is 56.9 Å². The van der Waals surface area contributed by atoms with Crippen molar-refractivity contribution in [2.75, 3.05) is 5.73 Å². The maximum absolute atomic E-state index is 13.4. The molecule has 1 aliphatic carbocycles. The first kappa shape index (κ1) is 22.7. The van der Waals surface area contributed by atoms with Gasteiger partial charge in [-0.3, -0.25) is 4.79 Å². The third-order valence-electron chi connectivity index (χ3n) is 7.96. The molecule has 0 radical (unpaired) electrons. The summed E-state index contributed by atoms with van der Waals surface area (Å²) in [5, 5.41) is 3.03. The molecular formula is C30H28FN3O2. The number of nitrogens with two attached hydrogens (primary N) is 1. The summed E-state index contributed by atoms with van der Waals surface area (Å²) in [5.41, 5.74) is 13.1. The minimum atomic E-state index is -0.473. The number of nitrogen functional groups attached to an aromatic ring is 1. The molecule has 3 aliphatic rings. The van der Waals surface area contributed by atoms with Crippen molar-refractivity contribution in [3.63, 3.8) is 0 Å². The molecule has 182 valence electrons. The number of carbonyl (C=O) groups is 1. The molecule has 3 aromatic rings. The normalized spacial score (nSPS) is 25.3. The number of halogens is 1. The topological polar surface area (TPSA) is 77.2 Å². The zero-order valence-electron chi connectivity index (χ0n) is 20.5. The average molecular weight is 482 g/mol. The number of carbonyl (C=O) groups excluding carboxylic acids is 1. The molecule has 3 heterocycles. The van der Waals surface area contributed by atoms with Crippen LogP contribution in [0.4, 0.5) is 10.2 Å². The molecule has 2 aromatic carbocycles. The number of rotatable bonds is 4. The van der Waals surface area contributed by atoms with E-state index in [2.05, 4.69) is 35.5 Å². The number of anilines is 1. The highest BCUT2D eigenvalue weighted by Crippen LogP contribution is 2.63. The molecule has 5 nitrogen and oxygen atoms in total. The van der Waals surface area contributed by atoms with Gasteiger partial charge in [-0.05, 0) is 84.5 Å². The molecule has 2 aliphatic heterocycles. The van der Waals surface area contributed by atoms with Crippen LogP contribution in [0.5, 0.6) is 0 Å². The Labute approximate surface area is 209 Å². The molecule has 4 unspecified atom stereocenters. The summed E-state index contributed by atoms with van der Waals surface area (Å²) in [7, 11) is 0. The molecule has 3 N–H and O–H groups in total. The highest BCUT2D eigenvalue weighted by atomic mass is 19.1. The van der Waals surface area contributed by atoms with Gasteiger partial charge in [0.15, 0.2) is 0 Å². The van der Waals surface area contributed by atoms with Crippen LogP contribution in [0.3, 0.4) is 0 Å². The third-order valence-corrected chi connectivity index (χ3v) is 7.96. The number of allylic oxidation sites excluding steroid dienone is 2. The predicted octanol–water partition coefficient (Wildman–Crippen LogP) is 5.54. The highest BCUT2D eigenvalue weighted by molar-refractivity contribution is 5.94. The van der Waals surface area contributed by atoms with E-state index < -0.39 is 5.60 Å². The number of fused-ring (bicyclic) bond motifs is 8. The second-order valence-electron chi connectivity index (χ2n) is 10.1. The fourth-order valence-electron chi connectivity index (χ4n) is 6.10. The van der Waals surface area contributed by atoms with Crippen molar-refractivity contribution in [3.8, 4) is 0 Å². The first-order valence-electron chi connectivity index (χ1n) is 12.2. The molecule has 0 spiro atoms. The summed E-state index contributed by atoms with van der Waals surface area (Å²) in [5.74, 6) is 0.476. The third kappa shape index (κ3) is 3.47. The van der Waals surface area contributed by atoms with Gasteiger partial charge >= 0.3 is 0 Å². The quantitative estimate of drug-likeness (QED) is 0.513. The first-order valence-corrected chi connectivity index (χ1v) is 12.2. The number of pyridine rings is 1. The van der Waals surface area contributed by atoms with Gasteiger partial charge in [0.25, 0.3) is 5.91 Å². The standard InChI is InChI=1S/C30H28FN3O2/c1-16-12-27(32)34-17(2)24(16)15-33-29(35)20-7-11-25-23(13-20)28-22-10-6-19(14-26(22)30(25,3)36-28)18-4-8-21(31)9-5-18/h4-14,22,26,28H,15H2,1-3H3,(H2,32,34)(H,33,35). The fraction of sp³-hybridized carbons (Fsp3) is 0.267. The van der Waals surface area contributed by atoms with Gasteiger partial charge in [-0.25, -0.2) is 9.37 Å². The van der Waals surface area contributed by atoms with Crippen LogP contribution in [0, 0.1) is 31.5 Å². The van der Waals surface area contributed by atoms with Gasteiger partial charge in [0.2, 0.25) is 0 Å². The van der Waals surface area contributed by atoms with Crippen molar-refractivity contribution >= 4 is 17.3 Å². The Morgan fingerprint density at radius 1 is 1.17 bits per heavy atom. The van der Waals surface area contributed by atoms with Crippen LogP contribution in [0.25, 0.3) is 5.57 Å². The lowest BCUT2D eigenvalue weighted by molar-refractivity contribution is -0.0199. The Morgan fingerprint density at radius 3 is 2.69 bits per heavy atom. The number of aryl methyl sites for hydroxylation is 2. The molecular weight excluding hydrogens is 453 g/mol. The van der Waals surface area contributed by atoms with E-state index in [4.69, 9.17) is 10.5 Å². The summed E-state index contributed by atoms with van der Waals surface area (Å²) >= 11 is 0. The number of hydrogen-bond acceptors (Lipinski definition) is 4. The predicted molar refractivity (Wildman–Crippen MR) is 137 cm³/mol. The molecule has 36 heavy (non-hydrogen) atoms. The maximum Gasteiger partial charge on any atom is 0.251 e. The zero-order valence-corrected chi connectivity index (χ0v) is 20.5. The van der Waals surface area contributed by atoms with Gasteiger partial charge in [0, 0.05) is 29.6 Å². The number of nitrogens with one attached hydrogen (secondary N) is 1. The largest absolute Gasteiger partial charge is 0.384 e. The van der Waals surface area contributed by atoms with E-state index in [9.17, 15) is 9.18 Å². The molecule has 1 fully saturated rings. The first-order chi connectivity index (χ1) is 17.2.